The number of allylic oxidation sites excluding steroid dienone is 1. The predicted molar refractivity (Wildman–Crippen MR) is 133 cm³/mol. The van der Waals surface area contributed by atoms with Crippen LogP contribution in [0.3, 0.4) is 0 Å². The molecule has 2 amide bonds. The van der Waals surface area contributed by atoms with Gasteiger partial charge in [0.1, 0.15) is 0 Å². The highest BCUT2D eigenvalue weighted by atomic mass is 35.5. The molecule has 4 rings (SSSR count). The van der Waals surface area contributed by atoms with Gasteiger partial charge in [-0.25, -0.2) is 4.99 Å². The average Bonchev–Trinajstić information content (AvgIpc) is 3.19. The highest BCUT2D eigenvalue weighted by molar-refractivity contribution is 8.16. The molecule has 2 aliphatic rings. The number of halogens is 1. The number of likely N-dealkylation sites (N-methyl/N-ethyl adjacent to an activating group) is 1. The van der Waals surface area contributed by atoms with Gasteiger partial charge in [-0.3, -0.25) is 9.59 Å². The van der Waals surface area contributed by atoms with Gasteiger partial charge in [0.2, 0.25) is 5.91 Å². The molecule has 170 valence electrons. The zero-order chi connectivity index (χ0) is 23.5. The summed E-state index contributed by atoms with van der Waals surface area (Å²) >= 11 is 7.60. The molecule has 6 nitrogen and oxygen atoms in total. The Hall–Kier alpha value is -3.03. The van der Waals surface area contributed by atoms with E-state index >= 15 is 0 Å². The molecule has 0 saturated heterocycles. The fourth-order valence-corrected chi connectivity index (χ4v) is 4.96. The number of nitrogens with zero attached hydrogens (tertiary/aromatic N) is 3. The third kappa shape index (κ3) is 4.99. The molecule has 0 radical (unpaired) electrons. The average molecular weight is 481 g/mol. The van der Waals surface area contributed by atoms with Crippen LogP contribution in [0.25, 0.3) is 0 Å². The Morgan fingerprint density at radius 3 is 2.48 bits per heavy atom. The van der Waals surface area contributed by atoms with Crippen molar-refractivity contribution in [3.8, 4) is 0 Å². The second-order valence-electron chi connectivity index (χ2n) is 8.08. The van der Waals surface area contributed by atoms with Crippen LogP contribution in [0.1, 0.15) is 30.5 Å². The lowest BCUT2D eigenvalue weighted by atomic mass is 9.93. The van der Waals surface area contributed by atoms with E-state index in [4.69, 9.17) is 16.6 Å². The van der Waals surface area contributed by atoms with Crippen LogP contribution in [0.5, 0.6) is 0 Å². The molecule has 2 heterocycles. The van der Waals surface area contributed by atoms with Crippen molar-refractivity contribution >= 4 is 40.3 Å². The second-order valence-corrected chi connectivity index (χ2v) is 9.36. The number of carbonyl (C=O) groups is 2. The van der Waals surface area contributed by atoms with Gasteiger partial charge in [-0.2, -0.15) is 0 Å². The molecule has 8 heteroatoms. The van der Waals surface area contributed by atoms with Crippen molar-refractivity contribution in [3.63, 3.8) is 0 Å². The maximum absolute atomic E-state index is 13.2. The summed E-state index contributed by atoms with van der Waals surface area (Å²) in [4.78, 5) is 34.2. The predicted octanol–water partition coefficient (Wildman–Crippen LogP) is 4.71. The van der Waals surface area contributed by atoms with Crippen LogP contribution < -0.4 is 5.32 Å². The van der Waals surface area contributed by atoms with Crippen molar-refractivity contribution in [1.82, 2.24) is 15.1 Å². The van der Waals surface area contributed by atoms with E-state index in [0.717, 1.165) is 22.0 Å². The van der Waals surface area contributed by atoms with Crippen LogP contribution in [0.2, 0.25) is 5.02 Å². The van der Waals surface area contributed by atoms with Crippen LogP contribution in [0.15, 0.2) is 82.0 Å². The van der Waals surface area contributed by atoms with Gasteiger partial charge in [0.05, 0.1) is 23.7 Å². The highest BCUT2D eigenvalue weighted by Gasteiger charge is 2.40. The minimum Gasteiger partial charge on any atom is -0.352 e. The summed E-state index contributed by atoms with van der Waals surface area (Å²) < 4.78 is 0. The Labute approximate surface area is 203 Å². The summed E-state index contributed by atoms with van der Waals surface area (Å²) in [5, 5.41) is 6.31. The van der Waals surface area contributed by atoms with Crippen LogP contribution in [0, 0.1) is 0 Å². The summed E-state index contributed by atoms with van der Waals surface area (Å²) in [5.74, 6) is -0.200. The number of hydrogen-bond donors (Lipinski definition) is 1. The van der Waals surface area contributed by atoms with E-state index < -0.39 is 6.04 Å². The summed E-state index contributed by atoms with van der Waals surface area (Å²) in [7, 11) is 3.46. The van der Waals surface area contributed by atoms with E-state index in [1.165, 1.54) is 11.8 Å². The van der Waals surface area contributed by atoms with Crippen molar-refractivity contribution in [2.24, 2.45) is 4.99 Å². The normalized spacial score (nSPS) is 17.3. The van der Waals surface area contributed by atoms with Crippen LogP contribution >= 0.6 is 23.4 Å². The fourth-order valence-electron chi connectivity index (χ4n) is 3.87. The molecule has 2 aromatic rings. The fraction of sp³-hybridized carbons (Fsp3) is 0.240. The van der Waals surface area contributed by atoms with Crippen molar-refractivity contribution in [3.05, 3.63) is 93.1 Å². The standard InChI is InChI=1S/C25H25ClN4O2S/c1-16-22(24(32)29(2)3)23(18-9-11-19(26)12-10-18)30-20(15-33-25(30)28-16)13-21(31)27-14-17-7-5-4-6-8-17/h4-12,15,23H,13-14H2,1-3H3,(H,27,31)/t23-/m1/s1. The molecule has 0 saturated carbocycles. The number of rotatable bonds is 6. The van der Waals surface area contributed by atoms with E-state index in [1.807, 2.05) is 71.8 Å². The smallest absolute Gasteiger partial charge is 0.253 e. The molecule has 2 aliphatic heterocycles. The van der Waals surface area contributed by atoms with Crippen LogP contribution in [-0.4, -0.2) is 40.9 Å². The van der Waals surface area contributed by atoms with Crippen LogP contribution in [0.4, 0.5) is 0 Å². The van der Waals surface area contributed by atoms with Gasteiger partial charge in [-0.1, -0.05) is 65.8 Å². The summed E-state index contributed by atoms with van der Waals surface area (Å²) in [6, 6.07) is 16.9. The van der Waals surface area contributed by atoms with Gasteiger partial charge in [0.15, 0.2) is 5.17 Å². The molecule has 0 bridgehead atoms. The largest absolute Gasteiger partial charge is 0.352 e. The summed E-state index contributed by atoms with van der Waals surface area (Å²) in [6.07, 6.45) is 0.186. The maximum atomic E-state index is 13.2. The zero-order valence-corrected chi connectivity index (χ0v) is 20.3. The van der Waals surface area contributed by atoms with E-state index in [1.54, 1.807) is 19.0 Å². The number of fused-ring (bicyclic) bond motifs is 1. The first-order valence-electron chi connectivity index (χ1n) is 10.6. The molecule has 1 N–H and O–H groups in total. The Morgan fingerprint density at radius 2 is 1.82 bits per heavy atom. The summed E-state index contributed by atoms with van der Waals surface area (Å²) in [6.45, 7) is 2.32. The molecule has 2 aromatic carbocycles. The topological polar surface area (TPSA) is 65.0 Å². The first-order chi connectivity index (χ1) is 15.8. The molecule has 33 heavy (non-hydrogen) atoms. The first-order valence-corrected chi connectivity index (χ1v) is 11.8. The van der Waals surface area contributed by atoms with Crippen molar-refractivity contribution in [1.29, 1.82) is 0 Å². The lowest BCUT2D eigenvalue weighted by Gasteiger charge is -2.37. The first kappa shape index (κ1) is 23.1. The Balaban J connectivity index is 1.62. The van der Waals surface area contributed by atoms with Gasteiger partial charge in [0.25, 0.3) is 5.91 Å². The number of benzene rings is 2. The molecule has 0 unspecified atom stereocenters. The van der Waals surface area contributed by atoms with Gasteiger partial charge in [-0.05, 0) is 35.6 Å². The van der Waals surface area contributed by atoms with Crippen molar-refractivity contribution in [2.75, 3.05) is 14.1 Å². The minimum absolute atomic E-state index is 0.0893. The molecule has 0 aliphatic carbocycles. The van der Waals surface area contributed by atoms with Gasteiger partial charge < -0.3 is 15.1 Å². The molecular weight excluding hydrogens is 456 g/mol. The quantitative estimate of drug-likeness (QED) is 0.650. The number of hydrogen-bond acceptors (Lipinski definition) is 5. The third-order valence-electron chi connectivity index (χ3n) is 5.50. The maximum Gasteiger partial charge on any atom is 0.253 e. The molecule has 1 atom stereocenters. The molecule has 0 fully saturated rings. The lowest BCUT2D eigenvalue weighted by molar-refractivity contribution is -0.125. The van der Waals surface area contributed by atoms with Crippen molar-refractivity contribution < 1.29 is 9.59 Å². The monoisotopic (exact) mass is 480 g/mol. The molecule has 0 spiro atoms. The number of thioether (sulfide) groups is 1. The molecule has 0 aromatic heterocycles. The van der Waals surface area contributed by atoms with Gasteiger partial charge in [-0.15, -0.1) is 0 Å². The van der Waals surface area contributed by atoms with E-state index in [0.29, 0.717) is 22.8 Å². The zero-order valence-electron chi connectivity index (χ0n) is 18.7. The van der Waals surface area contributed by atoms with E-state index in [-0.39, 0.29) is 18.2 Å². The van der Waals surface area contributed by atoms with E-state index in [2.05, 4.69) is 5.32 Å². The lowest BCUT2D eigenvalue weighted by Crippen LogP contribution is -2.40. The summed E-state index contributed by atoms with van der Waals surface area (Å²) in [5.41, 5.74) is 4.02. The molecular formula is C25H25ClN4O2S. The van der Waals surface area contributed by atoms with Gasteiger partial charge >= 0.3 is 0 Å². The minimum atomic E-state index is -0.396. The Bertz CT molecular complexity index is 1160. The SMILES string of the molecule is CC1=C(C(=O)N(C)C)[C@@H](c2ccc(Cl)cc2)N2C(CC(=O)NCc3ccccc3)=CSC2=N1. The number of nitrogens with one attached hydrogen (secondary N) is 1. The number of carbonyl (C=O) groups excluding carboxylic acids is 2. The number of amides is 2. The van der Waals surface area contributed by atoms with Gasteiger partial charge in [0, 0.05) is 31.4 Å². The van der Waals surface area contributed by atoms with E-state index in [9.17, 15) is 9.59 Å². The number of aliphatic imine (C=N–C) groups is 1. The van der Waals surface area contributed by atoms with Crippen molar-refractivity contribution in [2.45, 2.75) is 25.9 Å². The third-order valence-corrected chi connectivity index (χ3v) is 6.64. The number of amidine groups is 1. The Kier molecular flexibility index (Phi) is 6.91. The second kappa shape index (κ2) is 9.85. The highest BCUT2D eigenvalue weighted by Crippen LogP contribution is 2.45. The van der Waals surface area contributed by atoms with Crippen LogP contribution in [-0.2, 0) is 16.1 Å². The Morgan fingerprint density at radius 1 is 1.12 bits per heavy atom.